The first-order valence-electron chi connectivity index (χ1n) is 10.3. The monoisotopic (exact) mass is 382 g/mol. The lowest BCUT2D eigenvalue weighted by Crippen LogP contribution is -2.28. The second-order valence-electron chi connectivity index (χ2n) is 7.61. The highest BCUT2D eigenvalue weighted by molar-refractivity contribution is 5.50. The zero-order valence-electron chi connectivity index (χ0n) is 16.6. The van der Waals surface area contributed by atoms with Crippen molar-refractivity contribution < 1.29 is 4.74 Å². The number of anilines is 1. The average Bonchev–Trinajstić information content (AvgIpc) is 3.23. The van der Waals surface area contributed by atoms with Gasteiger partial charge in [0.2, 0.25) is 0 Å². The van der Waals surface area contributed by atoms with E-state index in [0.717, 1.165) is 25.1 Å². The zero-order chi connectivity index (χ0) is 19.9. The van der Waals surface area contributed by atoms with E-state index in [9.17, 15) is 0 Å². The molecule has 0 saturated carbocycles. The van der Waals surface area contributed by atoms with Crippen LogP contribution in [0.5, 0.6) is 5.75 Å². The van der Waals surface area contributed by atoms with E-state index < -0.39 is 0 Å². The number of nitrogens with zero attached hydrogens (tertiary/aromatic N) is 2. The van der Waals surface area contributed by atoms with Gasteiger partial charge in [0.25, 0.3) is 0 Å². The second-order valence-corrected chi connectivity index (χ2v) is 7.61. The van der Waals surface area contributed by atoms with E-state index in [2.05, 4.69) is 59.5 Å². The maximum absolute atomic E-state index is 9.03. The van der Waals surface area contributed by atoms with Crippen LogP contribution < -0.4 is 9.64 Å². The zero-order valence-corrected chi connectivity index (χ0v) is 16.6. The van der Waals surface area contributed by atoms with Gasteiger partial charge in [-0.3, -0.25) is 0 Å². The Hall–Kier alpha value is -3.25. The van der Waals surface area contributed by atoms with E-state index in [0.29, 0.717) is 19.1 Å². The highest BCUT2D eigenvalue weighted by Crippen LogP contribution is 2.28. The van der Waals surface area contributed by atoms with E-state index in [1.54, 1.807) is 0 Å². The number of hydrogen-bond acceptors (Lipinski definition) is 3. The van der Waals surface area contributed by atoms with Crippen LogP contribution in [-0.4, -0.2) is 12.6 Å². The molecule has 0 amide bonds. The van der Waals surface area contributed by atoms with Gasteiger partial charge in [0.15, 0.2) is 0 Å². The van der Waals surface area contributed by atoms with Crippen molar-refractivity contribution in [2.24, 2.45) is 0 Å². The molecule has 3 heteroatoms. The Morgan fingerprint density at radius 2 is 1.55 bits per heavy atom. The van der Waals surface area contributed by atoms with Gasteiger partial charge in [-0.2, -0.15) is 5.26 Å². The molecule has 3 aromatic rings. The molecule has 1 saturated heterocycles. The molecule has 0 spiro atoms. The molecular formula is C26H26N2O. The highest BCUT2D eigenvalue weighted by atomic mass is 16.5. The third kappa shape index (κ3) is 4.97. The normalized spacial score (nSPS) is 15.8. The summed E-state index contributed by atoms with van der Waals surface area (Å²) in [4.78, 5) is 2.38. The molecule has 0 aromatic heterocycles. The van der Waals surface area contributed by atoms with E-state index in [1.165, 1.54) is 28.8 Å². The summed E-state index contributed by atoms with van der Waals surface area (Å²) in [6.45, 7) is 1.64. The fourth-order valence-electron chi connectivity index (χ4n) is 3.98. The van der Waals surface area contributed by atoms with Gasteiger partial charge in [-0.15, -0.1) is 0 Å². The van der Waals surface area contributed by atoms with Crippen LogP contribution >= 0.6 is 0 Å². The summed E-state index contributed by atoms with van der Waals surface area (Å²) < 4.78 is 5.87. The van der Waals surface area contributed by atoms with Gasteiger partial charge in [0, 0.05) is 18.3 Å². The molecule has 0 radical (unpaired) electrons. The molecule has 3 aromatic carbocycles. The van der Waals surface area contributed by atoms with Crippen molar-refractivity contribution in [2.75, 3.05) is 11.4 Å². The summed E-state index contributed by atoms with van der Waals surface area (Å²) in [5.41, 5.74) is 4.97. The molecule has 1 fully saturated rings. The predicted molar refractivity (Wildman–Crippen MR) is 117 cm³/mol. The Labute approximate surface area is 173 Å². The van der Waals surface area contributed by atoms with Gasteiger partial charge < -0.3 is 9.64 Å². The molecule has 1 atom stereocenters. The summed E-state index contributed by atoms with van der Waals surface area (Å²) >= 11 is 0. The lowest BCUT2D eigenvalue weighted by molar-refractivity contribution is 0.306. The maximum Gasteiger partial charge on any atom is 0.119 e. The van der Waals surface area contributed by atoms with Crippen molar-refractivity contribution in [1.82, 2.24) is 0 Å². The van der Waals surface area contributed by atoms with Crippen molar-refractivity contribution in [3.8, 4) is 11.8 Å². The van der Waals surface area contributed by atoms with Gasteiger partial charge in [0.1, 0.15) is 12.4 Å². The summed E-state index contributed by atoms with van der Waals surface area (Å²) in [6.07, 6.45) is 3.81. The minimum absolute atomic E-state index is 0.370. The molecule has 1 aliphatic heterocycles. The van der Waals surface area contributed by atoms with Crippen LogP contribution in [-0.2, 0) is 13.0 Å². The molecule has 0 unspecified atom stereocenters. The molecule has 1 aliphatic rings. The summed E-state index contributed by atoms with van der Waals surface area (Å²) in [6, 6.07) is 30.1. The molecule has 4 rings (SSSR count). The number of hydrogen-bond donors (Lipinski definition) is 0. The van der Waals surface area contributed by atoms with Gasteiger partial charge in [-0.05, 0) is 60.2 Å². The quantitative estimate of drug-likeness (QED) is 0.523. The molecule has 1 heterocycles. The lowest BCUT2D eigenvalue weighted by atomic mass is 10.0. The first-order chi connectivity index (χ1) is 14.3. The summed E-state index contributed by atoms with van der Waals surface area (Å²) in [5, 5.41) is 9.03. The Bertz CT molecular complexity index is 943. The minimum atomic E-state index is 0.370. The van der Waals surface area contributed by atoms with E-state index in [1.807, 2.05) is 30.3 Å². The first-order valence-corrected chi connectivity index (χ1v) is 10.3. The number of benzene rings is 3. The average molecular weight is 383 g/mol. The van der Waals surface area contributed by atoms with Crippen LogP contribution in [0, 0.1) is 11.3 Å². The molecule has 29 heavy (non-hydrogen) atoms. The van der Waals surface area contributed by atoms with E-state index >= 15 is 0 Å². The predicted octanol–water partition coefficient (Wildman–Crippen LogP) is 5.74. The van der Waals surface area contributed by atoms with Crippen LogP contribution in [0.15, 0.2) is 78.9 Å². The Balaban J connectivity index is 1.34. The number of rotatable bonds is 7. The van der Waals surface area contributed by atoms with Crippen LogP contribution in [0.2, 0.25) is 0 Å². The van der Waals surface area contributed by atoms with Crippen LogP contribution in [0.25, 0.3) is 0 Å². The summed E-state index contributed by atoms with van der Waals surface area (Å²) in [7, 11) is 0. The first kappa shape index (κ1) is 19.1. The number of nitriles is 1. The van der Waals surface area contributed by atoms with Crippen LogP contribution in [0.3, 0.4) is 0 Å². The van der Waals surface area contributed by atoms with Gasteiger partial charge in [-0.25, -0.2) is 0 Å². The van der Waals surface area contributed by atoms with Crippen molar-refractivity contribution in [3.05, 3.63) is 95.6 Å². The Kier molecular flexibility index (Phi) is 6.12. The fourth-order valence-corrected chi connectivity index (χ4v) is 3.98. The van der Waals surface area contributed by atoms with Crippen LogP contribution in [0.4, 0.5) is 5.69 Å². The maximum atomic E-state index is 9.03. The van der Waals surface area contributed by atoms with Crippen LogP contribution in [0.1, 0.15) is 36.0 Å². The van der Waals surface area contributed by atoms with Crippen molar-refractivity contribution in [2.45, 2.75) is 38.3 Å². The Morgan fingerprint density at radius 3 is 2.24 bits per heavy atom. The van der Waals surface area contributed by atoms with Gasteiger partial charge >= 0.3 is 0 Å². The molecular weight excluding hydrogens is 356 g/mol. The molecule has 146 valence electrons. The number of ether oxygens (including phenoxy) is 1. The SMILES string of the molecule is N#CC[C@@H]1CCCN1c1ccc(Cc2ccc(OCc3ccccc3)cc2)cc1. The second kappa shape index (κ2) is 9.30. The highest BCUT2D eigenvalue weighted by Gasteiger charge is 2.24. The van der Waals surface area contributed by atoms with E-state index in [4.69, 9.17) is 10.00 Å². The molecule has 0 bridgehead atoms. The minimum Gasteiger partial charge on any atom is -0.489 e. The fraction of sp³-hybridized carbons (Fsp3) is 0.269. The lowest BCUT2D eigenvalue weighted by Gasteiger charge is -2.25. The van der Waals surface area contributed by atoms with Crippen molar-refractivity contribution in [3.63, 3.8) is 0 Å². The molecule has 0 aliphatic carbocycles. The Morgan fingerprint density at radius 1 is 0.862 bits per heavy atom. The molecule has 0 N–H and O–H groups in total. The van der Waals surface area contributed by atoms with Gasteiger partial charge in [0.05, 0.1) is 12.5 Å². The smallest absolute Gasteiger partial charge is 0.119 e. The third-order valence-electron chi connectivity index (χ3n) is 5.55. The molecule has 3 nitrogen and oxygen atoms in total. The third-order valence-corrected chi connectivity index (χ3v) is 5.55. The van der Waals surface area contributed by atoms with Gasteiger partial charge in [-0.1, -0.05) is 54.6 Å². The van der Waals surface area contributed by atoms with Crippen molar-refractivity contribution >= 4 is 5.69 Å². The topological polar surface area (TPSA) is 36.3 Å². The van der Waals surface area contributed by atoms with Crippen molar-refractivity contribution in [1.29, 1.82) is 5.26 Å². The van der Waals surface area contributed by atoms with E-state index in [-0.39, 0.29) is 0 Å². The largest absolute Gasteiger partial charge is 0.489 e. The standard InChI is InChI=1S/C26H26N2O/c27-17-16-24-7-4-18-28(24)25-12-8-21(9-13-25)19-22-10-14-26(15-11-22)29-20-23-5-2-1-3-6-23/h1-3,5-6,8-15,24H,4,7,16,18-20H2/t24-/m0/s1. The summed E-state index contributed by atoms with van der Waals surface area (Å²) in [5.74, 6) is 0.894.